The predicted octanol–water partition coefficient (Wildman–Crippen LogP) is -0.494. The molecular formula is C7H15NO3S. The van der Waals surface area contributed by atoms with E-state index in [1.807, 2.05) is 6.92 Å². The van der Waals surface area contributed by atoms with Gasteiger partial charge in [-0.2, -0.15) is 0 Å². The van der Waals surface area contributed by atoms with Gasteiger partial charge in [-0.15, -0.1) is 0 Å². The molecule has 12 heavy (non-hydrogen) atoms. The maximum absolute atomic E-state index is 10.9. The summed E-state index contributed by atoms with van der Waals surface area (Å²) in [4.78, 5) is 0. The molecule has 0 aliphatic carbocycles. The van der Waals surface area contributed by atoms with E-state index in [2.05, 4.69) is 0 Å². The zero-order valence-corrected chi connectivity index (χ0v) is 8.21. The van der Waals surface area contributed by atoms with E-state index >= 15 is 0 Å². The molecule has 1 rings (SSSR count). The van der Waals surface area contributed by atoms with E-state index in [1.54, 1.807) is 0 Å². The summed E-state index contributed by atoms with van der Waals surface area (Å²) < 4.78 is 23.3. The zero-order chi connectivity index (χ0) is 9.35. The third-order valence-corrected chi connectivity index (χ3v) is 3.67. The van der Waals surface area contributed by atoms with Gasteiger partial charge < -0.3 is 5.11 Å². The maximum atomic E-state index is 10.9. The van der Waals surface area contributed by atoms with Crippen molar-refractivity contribution in [3.63, 3.8) is 0 Å². The normalized spacial score (nSPS) is 23.6. The molecule has 1 atom stereocenters. The molecular weight excluding hydrogens is 178 g/mol. The van der Waals surface area contributed by atoms with E-state index in [0.717, 1.165) is 0 Å². The van der Waals surface area contributed by atoms with Crippen molar-refractivity contribution >= 4 is 10.0 Å². The molecule has 1 saturated heterocycles. The van der Waals surface area contributed by atoms with E-state index < -0.39 is 10.0 Å². The molecule has 1 N–H and O–H groups in total. The Morgan fingerprint density at radius 1 is 1.58 bits per heavy atom. The molecule has 4 nitrogen and oxygen atoms in total. The summed E-state index contributed by atoms with van der Waals surface area (Å²) >= 11 is 0. The monoisotopic (exact) mass is 193 g/mol. The Bertz CT molecular complexity index is 243. The summed E-state index contributed by atoms with van der Waals surface area (Å²) in [6.45, 7) is 3.22. The molecule has 0 saturated carbocycles. The van der Waals surface area contributed by atoms with Crippen LogP contribution >= 0.6 is 0 Å². The van der Waals surface area contributed by atoms with Crippen LogP contribution in [-0.4, -0.2) is 43.8 Å². The molecule has 1 aliphatic heterocycles. The summed E-state index contributed by atoms with van der Waals surface area (Å²) in [7, 11) is -2.99. The second-order valence-electron chi connectivity index (χ2n) is 3.50. The molecule has 0 aromatic heterocycles. The molecule has 0 radical (unpaired) electrons. The van der Waals surface area contributed by atoms with Gasteiger partial charge in [-0.25, -0.2) is 12.7 Å². The van der Waals surface area contributed by atoms with E-state index in [0.29, 0.717) is 19.0 Å². The minimum Gasteiger partial charge on any atom is -0.396 e. The molecule has 0 bridgehead atoms. The van der Waals surface area contributed by atoms with Crippen LogP contribution in [0.15, 0.2) is 0 Å². The van der Waals surface area contributed by atoms with Crippen LogP contribution in [-0.2, 0) is 10.0 Å². The van der Waals surface area contributed by atoms with Crippen molar-refractivity contribution < 1.29 is 13.5 Å². The minimum atomic E-state index is -2.99. The lowest BCUT2D eigenvalue weighted by molar-refractivity contribution is 0.0981. The predicted molar refractivity (Wildman–Crippen MR) is 46.2 cm³/mol. The highest BCUT2D eigenvalue weighted by Gasteiger charge is 2.35. The Hall–Kier alpha value is -0.130. The van der Waals surface area contributed by atoms with Crippen molar-refractivity contribution in [1.29, 1.82) is 0 Å². The van der Waals surface area contributed by atoms with Gasteiger partial charge in [0.25, 0.3) is 0 Å². The van der Waals surface area contributed by atoms with Crippen LogP contribution in [0.5, 0.6) is 0 Å². The SMILES string of the molecule is CC(CO)C1CN(S(C)(=O)=O)C1. The number of aliphatic hydroxyl groups excluding tert-OH is 1. The van der Waals surface area contributed by atoms with Crippen molar-refractivity contribution in [2.75, 3.05) is 26.0 Å². The first-order valence-electron chi connectivity index (χ1n) is 4.01. The number of hydrogen-bond donors (Lipinski definition) is 1. The Labute approximate surface area is 73.2 Å². The minimum absolute atomic E-state index is 0.141. The molecule has 0 amide bonds. The van der Waals surface area contributed by atoms with E-state index in [1.165, 1.54) is 10.6 Å². The Kier molecular flexibility index (Phi) is 2.75. The summed E-state index contributed by atoms with van der Waals surface area (Å²) in [5.74, 6) is 0.549. The fourth-order valence-corrected chi connectivity index (χ4v) is 2.17. The smallest absolute Gasteiger partial charge is 0.211 e. The summed E-state index contributed by atoms with van der Waals surface area (Å²) in [5.41, 5.74) is 0. The van der Waals surface area contributed by atoms with Gasteiger partial charge in [0.1, 0.15) is 0 Å². The average Bonchev–Trinajstić information content (AvgIpc) is 1.80. The average molecular weight is 193 g/mol. The highest BCUT2D eigenvalue weighted by Crippen LogP contribution is 2.25. The molecule has 1 unspecified atom stereocenters. The molecule has 1 fully saturated rings. The van der Waals surface area contributed by atoms with E-state index in [-0.39, 0.29) is 12.5 Å². The lowest BCUT2D eigenvalue weighted by atomic mass is 9.90. The van der Waals surface area contributed by atoms with Crippen LogP contribution in [0.2, 0.25) is 0 Å². The summed E-state index contributed by atoms with van der Waals surface area (Å²) in [5, 5.41) is 8.79. The Morgan fingerprint density at radius 2 is 2.08 bits per heavy atom. The molecule has 72 valence electrons. The second-order valence-corrected chi connectivity index (χ2v) is 5.48. The number of aliphatic hydroxyl groups is 1. The van der Waals surface area contributed by atoms with Gasteiger partial charge in [-0.05, 0) is 11.8 Å². The quantitative estimate of drug-likeness (QED) is 0.658. The van der Waals surface area contributed by atoms with Gasteiger partial charge >= 0.3 is 0 Å². The second kappa shape index (κ2) is 3.32. The molecule has 0 spiro atoms. The topological polar surface area (TPSA) is 57.6 Å². The largest absolute Gasteiger partial charge is 0.396 e. The van der Waals surface area contributed by atoms with Gasteiger partial charge in [0.15, 0.2) is 0 Å². The zero-order valence-electron chi connectivity index (χ0n) is 7.40. The first kappa shape index (κ1) is 9.95. The first-order chi connectivity index (χ1) is 5.45. The summed E-state index contributed by atoms with van der Waals surface area (Å²) in [6.07, 6.45) is 1.22. The molecule has 0 aromatic rings. The van der Waals surface area contributed by atoms with Crippen LogP contribution in [0.25, 0.3) is 0 Å². The highest BCUT2D eigenvalue weighted by atomic mass is 32.2. The molecule has 5 heteroatoms. The van der Waals surface area contributed by atoms with E-state index in [9.17, 15) is 8.42 Å². The van der Waals surface area contributed by atoms with Crippen molar-refractivity contribution in [3.05, 3.63) is 0 Å². The lowest BCUT2D eigenvalue weighted by Gasteiger charge is -2.40. The number of sulfonamides is 1. The van der Waals surface area contributed by atoms with Gasteiger partial charge in [0.2, 0.25) is 10.0 Å². The fourth-order valence-electron chi connectivity index (χ4n) is 1.25. The van der Waals surface area contributed by atoms with Crippen molar-refractivity contribution in [1.82, 2.24) is 4.31 Å². The van der Waals surface area contributed by atoms with Gasteiger partial charge in [0, 0.05) is 19.7 Å². The van der Waals surface area contributed by atoms with Gasteiger partial charge in [-0.1, -0.05) is 6.92 Å². The third kappa shape index (κ3) is 1.97. The van der Waals surface area contributed by atoms with Gasteiger partial charge in [-0.3, -0.25) is 0 Å². The van der Waals surface area contributed by atoms with Crippen molar-refractivity contribution in [3.8, 4) is 0 Å². The maximum Gasteiger partial charge on any atom is 0.211 e. The highest BCUT2D eigenvalue weighted by molar-refractivity contribution is 7.88. The fraction of sp³-hybridized carbons (Fsp3) is 1.00. The molecule has 1 aliphatic rings. The molecule has 1 heterocycles. The van der Waals surface area contributed by atoms with Crippen LogP contribution < -0.4 is 0 Å². The third-order valence-electron chi connectivity index (χ3n) is 2.44. The summed E-state index contributed by atoms with van der Waals surface area (Å²) in [6, 6.07) is 0. The van der Waals surface area contributed by atoms with Crippen molar-refractivity contribution in [2.24, 2.45) is 11.8 Å². The number of rotatable bonds is 3. The van der Waals surface area contributed by atoms with Crippen molar-refractivity contribution in [2.45, 2.75) is 6.92 Å². The van der Waals surface area contributed by atoms with Gasteiger partial charge in [0.05, 0.1) is 6.26 Å². The van der Waals surface area contributed by atoms with Crippen LogP contribution in [0.1, 0.15) is 6.92 Å². The Balaban J connectivity index is 2.39. The van der Waals surface area contributed by atoms with Crippen LogP contribution in [0.3, 0.4) is 0 Å². The Morgan fingerprint density at radius 3 is 2.42 bits per heavy atom. The number of nitrogens with zero attached hydrogens (tertiary/aromatic N) is 1. The lowest BCUT2D eigenvalue weighted by Crippen LogP contribution is -2.52. The standard InChI is InChI=1S/C7H15NO3S/c1-6(5-9)7-3-8(4-7)12(2,10)11/h6-7,9H,3-5H2,1-2H3. The number of hydrogen-bond acceptors (Lipinski definition) is 3. The van der Waals surface area contributed by atoms with Crippen LogP contribution in [0.4, 0.5) is 0 Å². The van der Waals surface area contributed by atoms with E-state index in [4.69, 9.17) is 5.11 Å². The van der Waals surface area contributed by atoms with Crippen LogP contribution in [0, 0.1) is 11.8 Å². The molecule has 0 aromatic carbocycles. The first-order valence-corrected chi connectivity index (χ1v) is 5.86.